The summed E-state index contributed by atoms with van der Waals surface area (Å²) in [5, 5.41) is 1.12. The van der Waals surface area contributed by atoms with Crippen LogP contribution in [0.25, 0.3) is 10.9 Å². The normalized spacial score (nSPS) is 11.2. The van der Waals surface area contributed by atoms with Crippen molar-refractivity contribution in [3.8, 4) is 5.75 Å². The van der Waals surface area contributed by atoms with Gasteiger partial charge in [0.1, 0.15) is 11.5 Å². The lowest BCUT2D eigenvalue weighted by Crippen LogP contribution is -2.08. The maximum atomic E-state index is 11.3. The first-order chi connectivity index (χ1) is 8.52. The van der Waals surface area contributed by atoms with Crippen LogP contribution in [0.5, 0.6) is 5.75 Å². The Hall–Kier alpha value is -1.77. The van der Waals surface area contributed by atoms with E-state index < -0.39 is 0 Å². The van der Waals surface area contributed by atoms with Gasteiger partial charge in [0, 0.05) is 29.1 Å². The van der Waals surface area contributed by atoms with Crippen molar-refractivity contribution in [1.82, 2.24) is 4.57 Å². The van der Waals surface area contributed by atoms with Gasteiger partial charge in [-0.25, -0.2) is 0 Å². The molecule has 0 saturated carbocycles. The summed E-state index contributed by atoms with van der Waals surface area (Å²) in [5.41, 5.74) is 2.22. The molecule has 1 aromatic carbocycles. The third-order valence-electron chi connectivity index (χ3n) is 3.07. The number of Topliss-reactive ketones (excluding diaryl/α,β-unsaturated/α-hetero) is 1. The minimum Gasteiger partial charge on any atom is -0.497 e. The first kappa shape index (κ1) is 12.7. The Labute approximate surface area is 107 Å². The van der Waals surface area contributed by atoms with Crippen molar-refractivity contribution in [2.24, 2.45) is 0 Å². The van der Waals surface area contributed by atoms with Crippen molar-refractivity contribution in [3.05, 3.63) is 30.0 Å². The summed E-state index contributed by atoms with van der Waals surface area (Å²) < 4.78 is 7.46. The molecule has 0 amide bonds. The zero-order valence-corrected chi connectivity index (χ0v) is 11.4. The van der Waals surface area contributed by atoms with Gasteiger partial charge in [-0.05, 0) is 45.0 Å². The molecule has 0 aliphatic heterocycles. The maximum Gasteiger partial charge on any atom is 0.135 e. The van der Waals surface area contributed by atoms with Crippen LogP contribution < -0.4 is 4.74 Å². The molecule has 0 bridgehead atoms. The summed E-state index contributed by atoms with van der Waals surface area (Å²) in [6.45, 7) is 5.89. The lowest BCUT2D eigenvalue weighted by Gasteiger charge is -2.14. The Morgan fingerprint density at radius 2 is 2.06 bits per heavy atom. The number of hydrogen-bond donors (Lipinski definition) is 0. The van der Waals surface area contributed by atoms with E-state index in [1.807, 2.05) is 12.1 Å². The van der Waals surface area contributed by atoms with Gasteiger partial charge in [0.15, 0.2) is 0 Å². The number of fused-ring (bicyclic) bond motifs is 1. The van der Waals surface area contributed by atoms with Gasteiger partial charge >= 0.3 is 0 Å². The van der Waals surface area contributed by atoms with Crippen LogP contribution in [0.1, 0.15) is 32.5 Å². The van der Waals surface area contributed by atoms with Crippen LogP contribution in [0.15, 0.2) is 24.3 Å². The molecule has 0 atom stereocenters. The molecule has 0 radical (unpaired) electrons. The molecule has 0 saturated heterocycles. The molecule has 0 aliphatic carbocycles. The van der Waals surface area contributed by atoms with E-state index in [-0.39, 0.29) is 5.78 Å². The van der Waals surface area contributed by atoms with Gasteiger partial charge in [0.2, 0.25) is 0 Å². The smallest absolute Gasteiger partial charge is 0.135 e. The summed E-state index contributed by atoms with van der Waals surface area (Å²) in [6.07, 6.45) is 0.481. The molecule has 1 aromatic heterocycles. The number of aromatic nitrogens is 1. The van der Waals surface area contributed by atoms with Crippen LogP contribution in [0.4, 0.5) is 0 Å². The Morgan fingerprint density at radius 3 is 2.61 bits per heavy atom. The molecule has 2 aromatic rings. The van der Waals surface area contributed by atoms with E-state index in [0.717, 1.165) is 22.3 Å². The lowest BCUT2D eigenvalue weighted by molar-refractivity contribution is -0.116. The molecule has 0 spiro atoms. The van der Waals surface area contributed by atoms with E-state index in [4.69, 9.17) is 4.74 Å². The molecule has 96 valence electrons. The van der Waals surface area contributed by atoms with Gasteiger partial charge in [0.05, 0.1) is 7.11 Å². The van der Waals surface area contributed by atoms with E-state index in [1.165, 1.54) is 0 Å². The zero-order chi connectivity index (χ0) is 13.3. The number of ketones is 1. The second-order valence-corrected chi connectivity index (χ2v) is 4.90. The topological polar surface area (TPSA) is 31.2 Å². The molecule has 18 heavy (non-hydrogen) atoms. The molecule has 2 rings (SSSR count). The summed E-state index contributed by atoms with van der Waals surface area (Å²) in [6, 6.07) is 8.44. The molecule has 0 unspecified atom stereocenters. The van der Waals surface area contributed by atoms with Crippen LogP contribution >= 0.6 is 0 Å². The number of benzene rings is 1. The Kier molecular flexibility index (Phi) is 3.41. The Bertz CT molecular complexity index is 581. The van der Waals surface area contributed by atoms with Crippen LogP contribution in [0.2, 0.25) is 0 Å². The predicted molar refractivity (Wildman–Crippen MR) is 73.3 cm³/mol. The monoisotopic (exact) mass is 245 g/mol. The number of nitrogens with zero attached hydrogens (tertiary/aromatic N) is 1. The predicted octanol–water partition coefficient (Wildman–Crippen LogP) is 3.36. The minimum atomic E-state index is 0.187. The first-order valence-electron chi connectivity index (χ1n) is 6.20. The molecule has 0 aliphatic rings. The molecule has 0 fully saturated rings. The van der Waals surface area contributed by atoms with Gasteiger partial charge in [-0.15, -0.1) is 0 Å². The number of rotatable bonds is 4. The molecule has 3 heteroatoms. The summed E-state index contributed by atoms with van der Waals surface area (Å²) in [7, 11) is 1.66. The van der Waals surface area contributed by atoms with Crippen LogP contribution in [0.3, 0.4) is 0 Å². The van der Waals surface area contributed by atoms with E-state index in [2.05, 4.69) is 30.5 Å². The second kappa shape index (κ2) is 4.84. The molecular weight excluding hydrogens is 226 g/mol. The van der Waals surface area contributed by atoms with Crippen molar-refractivity contribution >= 4 is 16.7 Å². The average molecular weight is 245 g/mol. The van der Waals surface area contributed by atoms with Crippen molar-refractivity contribution in [2.45, 2.75) is 33.2 Å². The standard InChI is InChI=1S/C15H19NO2/c1-10(2)16-13(7-11(3)17)8-12-9-14(18-4)5-6-15(12)16/h5-6,8-10H,7H2,1-4H3. The molecular formula is C15H19NO2. The van der Waals surface area contributed by atoms with E-state index in [9.17, 15) is 4.79 Å². The van der Waals surface area contributed by atoms with Gasteiger partial charge in [-0.3, -0.25) is 4.79 Å². The fourth-order valence-corrected chi connectivity index (χ4v) is 2.40. The summed E-state index contributed by atoms with van der Waals surface area (Å²) >= 11 is 0. The average Bonchev–Trinajstić information content (AvgIpc) is 2.64. The third kappa shape index (κ3) is 2.26. The van der Waals surface area contributed by atoms with Crippen molar-refractivity contribution < 1.29 is 9.53 Å². The highest BCUT2D eigenvalue weighted by molar-refractivity contribution is 5.86. The highest BCUT2D eigenvalue weighted by Crippen LogP contribution is 2.27. The highest BCUT2D eigenvalue weighted by Gasteiger charge is 2.13. The fourth-order valence-electron chi connectivity index (χ4n) is 2.40. The van der Waals surface area contributed by atoms with Crippen molar-refractivity contribution in [1.29, 1.82) is 0 Å². The van der Waals surface area contributed by atoms with Gasteiger partial charge in [-0.1, -0.05) is 0 Å². The van der Waals surface area contributed by atoms with Crippen LogP contribution in [0, 0.1) is 0 Å². The van der Waals surface area contributed by atoms with Gasteiger partial charge in [0.25, 0.3) is 0 Å². The maximum absolute atomic E-state index is 11.3. The second-order valence-electron chi connectivity index (χ2n) is 4.90. The zero-order valence-electron chi connectivity index (χ0n) is 11.4. The van der Waals surface area contributed by atoms with Crippen molar-refractivity contribution in [2.75, 3.05) is 7.11 Å². The number of carbonyl (C=O) groups excluding carboxylic acids is 1. The lowest BCUT2D eigenvalue weighted by atomic mass is 10.2. The summed E-state index contributed by atoms with van der Waals surface area (Å²) in [4.78, 5) is 11.3. The number of carbonyl (C=O) groups is 1. The van der Waals surface area contributed by atoms with Gasteiger partial charge < -0.3 is 9.30 Å². The number of ether oxygens (including phenoxy) is 1. The number of hydrogen-bond acceptors (Lipinski definition) is 2. The summed E-state index contributed by atoms with van der Waals surface area (Å²) in [5.74, 6) is 1.03. The highest BCUT2D eigenvalue weighted by atomic mass is 16.5. The Balaban J connectivity index is 2.62. The van der Waals surface area contributed by atoms with Crippen molar-refractivity contribution in [3.63, 3.8) is 0 Å². The van der Waals surface area contributed by atoms with Gasteiger partial charge in [-0.2, -0.15) is 0 Å². The molecule has 3 nitrogen and oxygen atoms in total. The number of methoxy groups -OCH3 is 1. The quantitative estimate of drug-likeness (QED) is 0.827. The van der Waals surface area contributed by atoms with E-state index in [0.29, 0.717) is 12.5 Å². The third-order valence-corrected chi connectivity index (χ3v) is 3.07. The SMILES string of the molecule is COc1ccc2c(c1)cc(CC(C)=O)n2C(C)C. The molecule has 0 N–H and O–H groups in total. The van der Waals surface area contributed by atoms with Crippen LogP contribution in [-0.4, -0.2) is 17.5 Å². The van der Waals surface area contributed by atoms with E-state index in [1.54, 1.807) is 14.0 Å². The fraction of sp³-hybridized carbons (Fsp3) is 0.400. The molecule has 1 heterocycles. The van der Waals surface area contributed by atoms with E-state index >= 15 is 0 Å². The van der Waals surface area contributed by atoms with Crippen LogP contribution in [-0.2, 0) is 11.2 Å². The Morgan fingerprint density at radius 1 is 1.33 bits per heavy atom. The first-order valence-corrected chi connectivity index (χ1v) is 6.20. The minimum absolute atomic E-state index is 0.187. The largest absolute Gasteiger partial charge is 0.497 e.